The Labute approximate surface area is 130 Å². The van der Waals surface area contributed by atoms with Crippen molar-refractivity contribution in [2.45, 2.75) is 59.9 Å². The lowest BCUT2D eigenvalue weighted by molar-refractivity contribution is -0.124. The Morgan fingerprint density at radius 1 is 1.38 bits per heavy atom. The van der Waals surface area contributed by atoms with Gasteiger partial charge in [0, 0.05) is 45.3 Å². The summed E-state index contributed by atoms with van der Waals surface area (Å²) in [6.45, 7) is 15.5. The molecule has 0 aliphatic carbocycles. The molecule has 0 bridgehead atoms. The molecule has 0 aromatic carbocycles. The van der Waals surface area contributed by atoms with Gasteiger partial charge in [-0.2, -0.15) is 0 Å². The lowest BCUT2D eigenvalue weighted by Crippen LogP contribution is -2.50. The molecule has 4 nitrogen and oxygen atoms in total. The minimum atomic E-state index is 0.0628. The minimum absolute atomic E-state index is 0.0628. The first-order valence-corrected chi connectivity index (χ1v) is 8.41. The van der Waals surface area contributed by atoms with Gasteiger partial charge in [-0.25, -0.2) is 0 Å². The van der Waals surface area contributed by atoms with Crippen LogP contribution < -0.4 is 5.32 Å². The van der Waals surface area contributed by atoms with Gasteiger partial charge in [-0.05, 0) is 31.1 Å². The van der Waals surface area contributed by atoms with E-state index in [0.717, 1.165) is 45.7 Å². The summed E-state index contributed by atoms with van der Waals surface area (Å²) in [4.78, 5) is 14.6. The van der Waals surface area contributed by atoms with E-state index in [1.165, 1.54) is 0 Å². The number of nitrogens with zero attached hydrogens (tertiary/aromatic N) is 1. The molecule has 4 heteroatoms. The largest absolute Gasteiger partial charge is 0.382 e. The predicted molar refractivity (Wildman–Crippen MR) is 87.3 cm³/mol. The van der Waals surface area contributed by atoms with E-state index in [2.05, 4.69) is 37.9 Å². The van der Waals surface area contributed by atoms with E-state index in [1.807, 2.05) is 6.92 Å². The fraction of sp³-hybridized carbons (Fsp3) is 0.941. The average Bonchev–Trinajstić information content (AvgIpc) is 2.35. The van der Waals surface area contributed by atoms with E-state index in [-0.39, 0.29) is 11.3 Å². The molecule has 1 aliphatic heterocycles. The molecule has 2 atom stereocenters. The second-order valence-electron chi connectivity index (χ2n) is 7.53. The third-order valence-corrected chi connectivity index (χ3v) is 3.99. The van der Waals surface area contributed by atoms with Crippen molar-refractivity contribution in [3.8, 4) is 0 Å². The molecule has 0 aromatic rings. The second-order valence-corrected chi connectivity index (χ2v) is 7.53. The Kier molecular flexibility index (Phi) is 7.67. The van der Waals surface area contributed by atoms with E-state index >= 15 is 0 Å². The highest BCUT2D eigenvalue weighted by Gasteiger charge is 2.27. The standard InChI is InChI=1S/C17H34N2O2/c1-6-21-11-7-9-19-10-8-15(14(2)13-19)18-16(20)12-17(3,4)5/h14-15H,6-13H2,1-5H3,(H,18,20)/t14-,15+/m1/s1. The van der Waals surface area contributed by atoms with Crippen molar-refractivity contribution < 1.29 is 9.53 Å². The van der Waals surface area contributed by atoms with E-state index in [9.17, 15) is 4.79 Å². The van der Waals surface area contributed by atoms with Gasteiger partial charge >= 0.3 is 0 Å². The van der Waals surface area contributed by atoms with Crippen LogP contribution in [0.2, 0.25) is 0 Å². The van der Waals surface area contributed by atoms with Crippen LogP contribution in [-0.2, 0) is 9.53 Å². The lowest BCUT2D eigenvalue weighted by Gasteiger charge is -2.37. The van der Waals surface area contributed by atoms with Crippen LogP contribution in [0.1, 0.15) is 53.9 Å². The smallest absolute Gasteiger partial charge is 0.220 e. The van der Waals surface area contributed by atoms with Crippen molar-refractivity contribution >= 4 is 5.91 Å². The molecule has 1 fully saturated rings. The highest BCUT2D eigenvalue weighted by molar-refractivity contribution is 5.76. The number of amides is 1. The molecule has 1 heterocycles. The number of hydrogen-bond donors (Lipinski definition) is 1. The Hall–Kier alpha value is -0.610. The van der Waals surface area contributed by atoms with Crippen LogP contribution in [0, 0.1) is 11.3 Å². The van der Waals surface area contributed by atoms with Crippen LogP contribution >= 0.6 is 0 Å². The maximum Gasteiger partial charge on any atom is 0.220 e. The first kappa shape index (κ1) is 18.4. The fourth-order valence-corrected chi connectivity index (χ4v) is 2.92. The Morgan fingerprint density at radius 3 is 2.67 bits per heavy atom. The summed E-state index contributed by atoms with van der Waals surface area (Å²) < 4.78 is 5.39. The van der Waals surface area contributed by atoms with Crippen LogP contribution in [-0.4, -0.2) is 49.7 Å². The maximum atomic E-state index is 12.1. The zero-order chi connectivity index (χ0) is 15.9. The summed E-state index contributed by atoms with van der Waals surface area (Å²) in [7, 11) is 0. The number of ether oxygens (including phenoxy) is 1. The fourth-order valence-electron chi connectivity index (χ4n) is 2.92. The third-order valence-electron chi connectivity index (χ3n) is 3.99. The minimum Gasteiger partial charge on any atom is -0.382 e. The van der Waals surface area contributed by atoms with E-state index in [0.29, 0.717) is 18.4 Å². The molecular weight excluding hydrogens is 264 g/mol. The average molecular weight is 298 g/mol. The third kappa shape index (κ3) is 7.82. The van der Waals surface area contributed by atoms with Gasteiger partial charge in [0.15, 0.2) is 0 Å². The molecular formula is C17H34N2O2. The number of nitrogens with one attached hydrogen (secondary N) is 1. The van der Waals surface area contributed by atoms with Crippen LogP contribution in [0.3, 0.4) is 0 Å². The summed E-state index contributed by atoms with van der Waals surface area (Å²) in [6.07, 6.45) is 2.77. The molecule has 1 aliphatic rings. The molecule has 1 N–H and O–H groups in total. The first-order chi connectivity index (χ1) is 9.81. The summed E-state index contributed by atoms with van der Waals surface area (Å²) >= 11 is 0. The molecule has 124 valence electrons. The molecule has 1 saturated heterocycles. The highest BCUT2D eigenvalue weighted by atomic mass is 16.5. The van der Waals surface area contributed by atoms with Gasteiger partial charge < -0.3 is 15.0 Å². The second kappa shape index (κ2) is 8.74. The van der Waals surface area contributed by atoms with Gasteiger partial charge in [0.05, 0.1) is 0 Å². The predicted octanol–water partition coefficient (Wildman–Crippen LogP) is 2.68. The highest BCUT2D eigenvalue weighted by Crippen LogP contribution is 2.20. The van der Waals surface area contributed by atoms with Crippen molar-refractivity contribution in [3.63, 3.8) is 0 Å². The van der Waals surface area contributed by atoms with Gasteiger partial charge in [-0.3, -0.25) is 4.79 Å². The first-order valence-electron chi connectivity index (χ1n) is 8.41. The van der Waals surface area contributed by atoms with Gasteiger partial charge in [-0.1, -0.05) is 27.7 Å². The van der Waals surface area contributed by atoms with Gasteiger partial charge in [0.2, 0.25) is 5.91 Å². The summed E-state index contributed by atoms with van der Waals surface area (Å²) in [5.74, 6) is 0.721. The molecule has 0 saturated carbocycles. The monoisotopic (exact) mass is 298 g/mol. The van der Waals surface area contributed by atoms with Crippen molar-refractivity contribution in [1.29, 1.82) is 0 Å². The van der Waals surface area contributed by atoms with Crippen LogP contribution in [0.4, 0.5) is 0 Å². The van der Waals surface area contributed by atoms with Crippen molar-refractivity contribution in [1.82, 2.24) is 10.2 Å². The summed E-state index contributed by atoms with van der Waals surface area (Å²) in [6, 6.07) is 0.336. The molecule has 0 aromatic heterocycles. The summed E-state index contributed by atoms with van der Waals surface area (Å²) in [5, 5.41) is 3.23. The van der Waals surface area contributed by atoms with Crippen LogP contribution in [0.15, 0.2) is 0 Å². The topological polar surface area (TPSA) is 41.6 Å². The molecule has 0 unspecified atom stereocenters. The number of rotatable bonds is 7. The Morgan fingerprint density at radius 2 is 2.10 bits per heavy atom. The van der Waals surface area contributed by atoms with Gasteiger partial charge in [-0.15, -0.1) is 0 Å². The summed E-state index contributed by atoms with van der Waals surface area (Å²) in [5.41, 5.74) is 0.0628. The van der Waals surface area contributed by atoms with E-state index in [4.69, 9.17) is 4.74 Å². The molecule has 1 rings (SSSR count). The number of carbonyl (C=O) groups excluding carboxylic acids is 1. The van der Waals surface area contributed by atoms with Crippen molar-refractivity contribution in [2.24, 2.45) is 11.3 Å². The van der Waals surface area contributed by atoms with Crippen LogP contribution in [0.25, 0.3) is 0 Å². The number of carbonyl (C=O) groups is 1. The van der Waals surface area contributed by atoms with Crippen molar-refractivity contribution in [3.05, 3.63) is 0 Å². The Balaban J connectivity index is 2.27. The zero-order valence-electron chi connectivity index (χ0n) is 14.6. The van der Waals surface area contributed by atoms with Gasteiger partial charge in [0.1, 0.15) is 0 Å². The quantitative estimate of drug-likeness (QED) is 0.735. The lowest BCUT2D eigenvalue weighted by atomic mass is 9.90. The maximum absolute atomic E-state index is 12.1. The van der Waals surface area contributed by atoms with Crippen molar-refractivity contribution in [2.75, 3.05) is 32.8 Å². The van der Waals surface area contributed by atoms with E-state index in [1.54, 1.807) is 0 Å². The molecule has 21 heavy (non-hydrogen) atoms. The van der Waals surface area contributed by atoms with Crippen LogP contribution in [0.5, 0.6) is 0 Å². The zero-order valence-corrected chi connectivity index (χ0v) is 14.6. The number of likely N-dealkylation sites (tertiary alicyclic amines) is 1. The van der Waals surface area contributed by atoms with Gasteiger partial charge in [0.25, 0.3) is 0 Å². The molecule has 0 spiro atoms. The normalized spacial score (nSPS) is 24.0. The Bertz CT molecular complexity index is 312. The number of hydrogen-bond acceptors (Lipinski definition) is 3. The SMILES string of the molecule is CCOCCCN1CC[C@H](NC(=O)CC(C)(C)C)[C@H](C)C1. The van der Waals surface area contributed by atoms with E-state index < -0.39 is 0 Å². The molecule has 0 radical (unpaired) electrons. The molecule has 1 amide bonds. The number of piperidine rings is 1.